The number of urea groups is 1. The van der Waals surface area contributed by atoms with Gasteiger partial charge in [0.05, 0.1) is 6.04 Å². The van der Waals surface area contributed by atoms with E-state index in [-0.39, 0.29) is 6.03 Å². The molecule has 3 N–H and O–H groups in total. The van der Waals surface area contributed by atoms with Gasteiger partial charge in [0.1, 0.15) is 0 Å². The zero-order valence-electron chi connectivity index (χ0n) is 11.1. The smallest absolute Gasteiger partial charge is 0.318 e. The van der Waals surface area contributed by atoms with E-state index in [1.54, 1.807) is 0 Å². The first-order chi connectivity index (χ1) is 8.74. The number of hydrogen-bond donors (Lipinski definition) is 2. The van der Waals surface area contributed by atoms with Gasteiger partial charge in [-0.25, -0.2) is 4.79 Å². The summed E-state index contributed by atoms with van der Waals surface area (Å²) in [5.74, 6) is 0.727. The predicted octanol–water partition coefficient (Wildman–Crippen LogP) is 1.84. The molecule has 1 saturated heterocycles. The lowest BCUT2D eigenvalue weighted by molar-refractivity contribution is 0.172. The van der Waals surface area contributed by atoms with Crippen LogP contribution in [0.25, 0.3) is 0 Å². The standard InChI is InChI=1S/C14H25N3O/c15-11-5-7-12(8-6-11)17-9-13(16-14(17)18)10-3-1-2-4-10/h10-13H,1-9,15H2,(H,16,18). The van der Waals surface area contributed by atoms with Gasteiger partial charge in [0.15, 0.2) is 0 Å². The molecule has 0 aromatic rings. The molecule has 4 nitrogen and oxygen atoms in total. The van der Waals surface area contributed by atoms with Gasteiger partial charge in [-0.3, -0.25) is 0 Å². The minimum atomic E-state index is 0.173. The van der Waals surface area contributed by atoms with Gasteiger partial charge in [0, 0.05) is 18.6 Å². The normalized spacial score (nSPS) is 38.2. The molecule has 2 aliphatic carbocycles. The summed E-state index contributed by atoms with van der Waals surface area (Å²) in [4.78, 5) is 14.2. The summed E-state index contributed by atoms with van der Waals surface area (Å²) in [7, 11) is 0. The highest BCUT2D eigenvalue weighted by Gasteiger charge is 2.39. The van der Waals surface area contributed by atoms with Crippen molar-refractivity contribution in [3.8, 4) is 0 Å². The molecule has 0 aromatic carbocycles. The lowest BCUT2D eigenvalue weighted by atomic mass is 9.90. The molecule has 1 aliphatic heterocycles. The molecular formula is C14H25N3O. The van der Waals surface area contributed by atoms with Gasteiger partial charge in [-0.1, -0.05) is 12.8 Å². The zero-order chi connectivity index (χ0) is 12.5. The first-order valence-corrected chi connectivity index (χ1v) is 7.57. The Kier molecular flexibility index (Phi) is 3.46. The summed E-state index contributed by atoms with van der Waals surface area (Å²) in [6.45, 7) is 0.934. The van der Waals surface area contributed by atoms with Crippen molar-refractivity contribution < 1.29 is 4.79 Å². The monoisotopic (exact) mass is 251 g/mol. The molecule has 0 aromatic heterocycles. The fraction of sp³-hybridized carbons (Fsp3) is 0.929. The Balaban J connectivity index is 1.58. The lowest BCUT2D eigenvalue weighted by Gasteiger charge is -2.32. The third-order valence-electron chi connectivity index (χ3n) is 5.11. The zero-order valence-corrected chi connectivity index (χ0v) is 11.1. The number of nitrogens with one attached hydrogen (secondary N) is 1. The Labute approximate surface area is 109 Å². The van der Waals surface area contributed by atoms with E-state index in [2.05, 4.69) is 10.2 Å². The highest BCUT2D eigenvalue weighted by Crippen LogP contribution is 2.32. The van der Waals surface area contributed by atoms with Crippen LogP contribution in [0.5, 0.6) is 0 Å². The number of carbonyl (C=O) groups excluding carboxylic acids is 1. The molecule has 3 aliphatic rings. The highest BCUT2D eigenvalue weighted by molar-refractivity contribution is 5.77. The summed E-state index contributed by atoms with van der Waals surface area (Å²) in [5, 5.41) is 3.21. The van der Waals surface area contributed by atoms with Gasteiger partial charge in [-0.05, 0) is 44.4 Å². The van der Waals surface area contributed by atoms with E-state index < -0.39 is 0 Å². The van der Waals surface area contributed by atoms with Crippen LogP contribution in [0.1, 0.15) is 51.4 Å². The maximum absolute atomic E-state index is 12.1. The third-order valence-corrected chi connectivity index (χ3v) is 5.11. The maximum atomic E-state index is 12.1. The van der Waals surface area contributed by atoms with Crippen LogP contribution in [-0.2, 0) is 0 Å². The average Bonchev–Trinajstić information content (AvgIpc) is 2.99. The predicted molar refractivity (Wildman–Crippen MR) is 71.2 cm³/mol. The first-order valence-electron chi connectivity index (χ1n) is 7.57. The van der Waals surface area contributed by atoms with Crippen LogP contribution in [0.15, 0.2) is 0 Å². The summed E-state index contributed by atoms with van der Waals surface area (Å²) >= 11 is 0. The van der Waals surface area contributed by atoms with Gasteiger partial charge >= 0.3 is 6.03 Å². The molecule has 18 heavy (non-hydrogen) atoms. The SMILES string of the molecule is NC1CCC(N2CC(C3CCCC3)NC2=O)CC1. The van der Waals surface area contributed by atoms with Crippen molar-refractivity contribution >= 4 is 6.03 Å². The van der Waals surface area contributed by atoms with E-state index in [9.17, 15) is 4.79 Å². The van der Waals surface area contributed by atoms with E-state index >= 15 is 0 Å². The molecule has 2 saturated carbocycles. The van der Waals surface area contributed by atoms with E-state index in [4.69, 9.17) is 5.73 Å². The fourth-order valence-electron chi connectivity index (χ4n) is 3.94. The molecule has 2 amide bonds. The molecular weight excluding hydrogens is 226 g/mol. The summed E-state index contributed by atoms with van der Waals surface area (Å²) in [5.41, 5.74) is 5.94. The second-order valence-electron chi connectivity index (χ2n) is 6.32. The van der Waals surface area contributed by atoms with Gasteiger partial charge in [0.25, 0.3) is 0 Å². The molecule has 1 atom stereocenters. The molecule has 0 bridgehead atoms. The molecule has 0 radical (unpaired) electrons. The largest absolute Gasteiger partial charge is 0.333 e. The van der Waals surface area contributed by atoms with Crippen molar-refractivity contribution in [2.75, 3.05) is 6.54 Å². The Morgan fingerprint density at radius 2 is 1.72 bits per heavy atom. The van der Waals surface area contributed by atoms with E-state index in [0.717, 1.165) is 38.1 Å². The second kappa shape index (κ2) is 5.08. The Bertz CT molecular complexity index is 306. The number of rotatable bonds is 2. The van der Waals surface area contributed by atoms with E-state index in [1.165, 1.54) is 25.7 Å². The lowest BCUT2D eigenvalue weighted by Crippen LogP contribution is -2.42. The topological polar surface area (TPSA) is 58.4 Å². The van der Waals surface area contributed by atoms with Crippen LogP contribution in [0.4, 0.5) is 4.79 Å². The minimum Gasteiger partial charge on any atom is -0.333 e. The van der Waals surface area contributed by atoms with Crippen LogP contribution < -0.4 is 11.1 Å². The summed E-state index contributed by atoms with van der Waals surface area (Å²) in [6, 6.07) is 1.39. The third kappa shape index (κ3) is 2.35. The van der Waals surface area contributed by atoms with Crippen molar-refractivity contribution in [1.29, 1.82) is 0 Å². The molecule has 102 valence electrons. The molecule has 0 spiro atoms. The Morgan fingerprint density at radius 1 is 1.06 bits per heavy atom. The van der Waals surface area contributed by atoms with Crippen molar-refractivity contribution in [2.24, 2.45) is 11.7 Å². The van der Waals surface area contributed by atoms with Crippen LogP contribution in [0.3, 0.4) is 0 Å². The molecule has 1 unspecified atom stereocenters. The van der Waals surface area contributed by atoms with Crippen molar-refractivity contribution in [3.63, 3.8) is 0 Å². The minimum absolute atomic E-state index is 0.173. The van der Waals surface area contributed by atoms with Crippen LogP contribution in [0, 0.1) is 5.92 Å². The number of hydrogen-bond acceptors (Lipinski definition) is 2. The molecule has 1 heterocycles. The summed E-state index contributed by atoms with van der Waals surface area (Å²) in [6.07, 6.45) is 9.61. The van der Waals surface area contributed by atoms with Gasteiger partial charge in [-0.15, -0.1) is 0 Å². The van der Waals surface area contributed by atoms with E-state index in [1.807, 2.05) is 0 Å². The van der Waals surface area contributed by atoms with Gasteiger partial charge in [-0.2, -0.15) is 0 Å². The van der Waals surface area contributed by atoms with Crippen LogP contribution >= 0.6 is 0 Å². The fourth-order valence-corrected chi connectivity index (χ4v) is 3.94. The van der Waals surface area contributed by atoms with Gasteiger partial charge < -0.3 is 16.0 Å². The van der Waals surface area contributed by atoms with Crippen LogP contribution in [-0.4, -0.2) is 35.6 Å². The number of amides is 2. The van der Waals surface area contributed by atoms with Crippen LogP contribution in [0.2, 0.25) is 0 Å². The van der Waals surface area contributed by atoms with E-state index in [0.29, 0.717) is 18.1 Å². The Morgan fingerprint density at radius 3 is 2.39 bits per heavy atom. The summed E-state index contributed by atoms with van der Waals surface area (Å²) < 4.78 is 0. The molecule has 4 heteroatoms. The van der Waals surface area contributed by atoms with Crippen molar-refractivity contribution in [2.45, 2.75) is 69.5 Å². The Hall–Kier alpha value is -0.770. The average molecular weight is 251 g/mol. The number of nitrogens with two attached hydrogens (primary N) is 1. The van der Waals surface area contributed by atoms with Crippen molar-refractivity contribution in [3.05, 3.63) is 0 Å². The number of nitrogens with zero attached hydrogens (tertiary/aromatic N) is 1. The second-order valence-corrected chi connectivity index (χ2v) is 6.32. The maximum Gasteiger partial charge on any atom is 0.318 e. The van der Waals surface area contributed by atoms with Gasteiger partial charge in [0.2, 0.25) is 0 Å². The highest BCUT2D eigenvalue weighted by atomic mass is 16.2. The molecule has 3 fully saturated rings. The number of carbonyl (C=O) groups is 1. The quantitative estimate of drug-likeness (QED) is 0.786. The first kappa shape index (κ1) is 12.3. The van der Waals surface area contributed by atoms with Crippen molar-refractivity contribution in [1.82, 2.24) is 10.2 Å². The molecule has 3 rings (SSSR count).